The maximum Gasteiger partial charge on any atom is 0.359 e. The van der Waals surface area contributed by atoms with E-state index in [1.165, 1.54) is 23.6 Å². The molecule has 0 saturated carbocycles. The molecule has 0 aliphatic rings. The summed E-state index contributed by atoms with van der Waals surface area (Å²) in [6.07, 6.45) is 0. The van der Waals surface area contributed by atoms with Crippen molar-refractivity contribution in [1.29, 1.82) is 0 Å². The molecule has 0 aliphatic carbocycles. The zero-order valence-electron chi connectivity index (χ0n) is 16.9. The topological polar surface area (TPSA) is 90.3 Å². The third-order valence-corrected chi connectivity index (χ3v) is 6.29. The smallest absolute Gasteiger partial charge is 0.359 e. The van der Waals surface area contributed by atoms with Crippen LogP contribution in [0.5, 0.6) is 0 Å². The Hall–Kier alpha value is -3.08. The predicted molar refractivity (Wildman–Crippen MR) is 128 cm³/mol. The van der Waals surface area contributed by atoms with Gasteiger partial charge in [-0.2, -0.15) is 9.78 Å². The number of nitrogens with one attached hydrogen (secondary N) is 1. The largest absolute Gasteiger partial charge is 0.461 e. The molecule has 168 valence electrons. The molecule has 2 aromatic carbocycles. The Kier molecular flexibility index (Phi) is 6.59. The van der Waals surface area contributed by atoms with Crippen molar-refractivity contribution in [2.45, 2.75) is 6.92 Å². The monoisotopic (exact) mass is 549 g/mol. The summed E-state index contributed by atoms with van der Waals surface area (Å²) < 4.78 is 20.5. The highest BCUT2D eigenvalue weighted by Crippen LogP contribution is 2.32. The molecule has 0 aliphatic heterocycles. The first kappa shape index (κ1) is 23.1. The molecule has 4 aromatic rings. The number of ether oxygens (including phenoxy) is 1. The molecule has 0 radical (unpaired) electrons. The van der Waals surface area contributed by atoms with Crippen LogP contribution in [0.25, 0.3) is 16.5 Å². The van der Waals surface area contributed by atoms with Crippen molar-refractivity contribution in [3.05, 3.63) is 84.8 Å². The van der Waals surface area contributed by atoms with E-state index in [9.17, 15) is 18.8 Å². The van der Waals surface area contributed by atoms with Gasteiger partial charge in [0, 0.05) is 15.2 Å². The number of hydrogen-bond donors (Lipinski definition) is 1. The molecule has 33 heavy (non-hydrogen) atoms. The summed E-state index contributed by atoms with van der Waals surface area (Å²) in [7, 11) is 0. The molecule has 0 bridgehead atoms. The van der Waals surface area contributed by atoms with Crippen LogP contribution >= 0.6 is 38.9 Å². The van der Waals surface area contributed by atoms with Crippen molar-refractivity contribution in [2.24, 2.45) is 0 Å². The Bertz CT molecular complexity index is 1470. The van der Waals surface area contributed by atoms with E-state index >= 15 is 0 Å². The fourth-order valence-electron chi connectivity index (χ4n) is 3.12. The van der Waals surface area contributed by atoms with Crippen LogP contribution in [0.1, 0.15) is 27.8 Å². The van der Waals surface area contributed by atoms with E-state index in [-0.39, 0.29) is 44.3 Å². The maximum absolute atomic E-state index is 13.8. The van der Waals surface area contributed by atoms with E-state index in [0.717, 1.165) is 22.1 Å². The minimum atomic E-state index is -0.752. The molecular weight excluding hydrogens is 537 g/mol. The average molecular weight is 551 g/mol. The Morgan fingerprint density at radius 3 is 2.79 bits per heavy atom. The van der Waals surface area contributed by atoms with Gasteiger partial charge in [0.15, 0.2) is 5.69 Å². The number of amides is 1. The first-order valence-corrected chi connectivity index (χ1v) is 11.6. The fraction of sp³-hybridized carbons (Fsp3) is 0.0909. The number of carbonyl (C=O) groups is 2. The molecule has 2 aromatic heterocycles. The highest BCUT2D eigenvalue weighted by molar-refractivity contribution is 9.10. The van der Waals surface area contributed by atoms with Crippen molar-refractivity contribution in [3.63, 3.8) is 0 Å². The summed E-state index contributed by atoms with van der Waals surface area (Å²) in [6, 6.07) is 10.0. The first-order valence-electron chi connectivity index (χ1n) is 9.54. The van der Waals surface area contributed by atoms with E-state index in [2.05, 4.69) is 26.3 Å². The van der Waals surface area contributed by atoms with Crippen molar-refractivity contribution >= 4 is 66.5 Å². The van der Waals surface area contributed by atoms with Gasteiger partial charge in [0.1, 0.15) is 10.8 Å². The van der Waals surface area contributed by atoms with Crippen LogP contribution in [0.3, 0.4) is 0 Å². The van der Waals surface area contributed by atoms with E-state index < -0.39 is 23.3 Å². The van der Waals surface area contributed by atoms with Gasteiger partial charge in [-0.15, -0.1) is 11.3 Å². The molecule has 0 atom stereocenters. The molecule has 0 fully saturated rings. The number of esters is 1. The van der Waals surface area contributed by atoms with E-state index in [1.807, 2.05) is 0 Å². The average Bonchev–Trinajstić information content (AvgIpc) is 3.20. The molecule has 0 saturated heterocycles. The highest BCUT2D eigenvalue weighted by Gasteiger charge is 2.24. The summed E-state index contributed by atoms with van der Waals surface area (Å²) in [5.74, 6) is -1.88. The van der Waals surface area contributed by atoms with Gasteiger partial charge in [-0.25, -0.2) is 9.18 Å². The Morgan fingerprint density at radius 2 is 2.06 bits per heavy atom. The number of aromatic nitrogens is 2. The quantitative estimate of drug-likeness (QED) is 0.335. The van der Waals surface area contributed by atoms with E-state index in [4.69, 9.17) is 16.3 Å². The number of thiophene rings is 1. The van der Waals surface area contributed by atoms with Crippen molar-refractivity contribution in [3.8, 4) is 5.69 Å². The Labute approximate surface area is 203 Å². The van der Waals surface area contributed by atoms with Crippen LogP contribution in [0, 0.1) is 5.82 Å². The number of nitrogens with zero attached hydrogens (tertiary/aromatic N) is 2. The molecule has 4 rings (SSSR count). The number of benzene rings is 2. The van der Waals surface area contributed by atoms with Crippen LogP contribution in [0.15, 0.2) is 57.1 Å². The van der Waals surface area contributed by atoms with Crippen LogP contribution in [0.4, 0.5) is 9.39 Å². The van der Waals surface area contributed by atoms with Gasteiger partial charge >= 0.3 is 5.97 Å². The maximum atomic E-state index is 13.8. The molecule has 1 amide bonds. The first-order chi connectivity index (χ1) is 15.8. The van der Waals surface area contributed by atoms with Crippen molar-refractivity contribution < 1.29 is 18.7 Å². The van der Waals surface area contributed by atoms with Crippen LogP contribution in [-0.4, -0.2) is 28.3 Å². The van der Waals surface area contributed by atoms with Gasteiger partial charge in [0.2, 0.25) is 0 Å². The lowest BCUT2D eigenvalue weighted by molar-refractivity contribution is 0.0520. The number of rotatable bonds is 5. The van der Waals surface area contributed by atoms with Gasteiger partial charge in [0.25, 0.3) is 11.5 Å². The molecular formula is C22H14BrClFN3O4S. The summed E-state index contributed by atoms with van der Waals surface area (Å²) in [5, 5.41) is 9.02. The Morgan fingerprint density at radius 1 is 1.27 bits per heavy atom. The summed E-state index contributed by atoms with van der Waals surface area (Å²) in [5.41, 5.74) is -0.461. The van der Waals surface area contributed by atoms with Gasteiger partial charge < -0.3 is 10.1 Å². The second-order valence-corrected chi connectivity index (χ2v) is 8.90. The summed E-state index contributed by atoms with van der Waals surface area (Å²) in [4.78, 5) is 38.8. The normalized spacial score (nSPS) is 10.9. The lowest BCUT2D eigenvalue weighted by Crippen LogP contribution is -2.25. The highest BCUT2D eigenvalue weighted by atomic mass is 79.9. The SMILES string of the molecule is CCOC(=O)c1nn(-c2cccc(F)c2)c(=O)c2c(NC(=O)c3cc(Br)ccc3Cl)scc12. The predicted octanol–water partition coefficient (Wildman–Crippen LogP) is 5.43. The van der Waals surface area contributed by atoms with Crippen LogP contribution in [-0.2, 0) is 4.74 Å². The van der Waals surface area contributed by atoms with Gasteiger partial charge in [-0.05, 0) is 43.3 Å². The lowest BCUT2D eigenvalue weighted by Gasteiger charge is -2.10. The van der Waals surface area contributed by atoms with Gasteiger partial charge in [-0.1, -0.05) is 33.6 Å². The molecule has 11 heteroatoms. The van der Waals surface area contributed by atoms with E-state index in [1.54, 1.807) is 25.1 Å². The third-order valence-electron chi connectivity index (χ3n) is 4.57. The fourth-order valence-corrected chi connectivity index (χ4v) is 4.61. The number of hydrogen-bond acceptors (Lipinski definition) is 6. The standard InChI is InChI=1S/C22H14BrClFN3O4S/c1-2-32-22(31)18-15-10-33-20(26-19(29)14-8-11(23)6-7-16(14)24)17(15)21(30)28(27-18)13-5-3-4-12(25)9-13/h3-10H,2H2,1H3,(H,26,29). The molecule has 1 N–H and O–H groups in total. The third kappa shape index (κ3) is 4.54. The summed E-state index contributed by atoms with van der Waals surface area (Å²) in [6.45, 7) is 1.73. The number of fused-ring (bicyclic) bond motifs is 1. The second-order valence-electron chi connectivity index (χ2n) is 6.70. The number of anilines is 1. The molecule has 7 nitrogen and oxygen atoms in total. The minimum absolute atomic E-state index is 0.0433. The lowest BCUT2D eigenvalue weighted by atomic mass is 10.2. The molecule has 0 spiro atoms. The minimum Gasteiger partial charge on any atom is -0.461 e. The summed E-state index contributed by atoms with van der Waals surface area (Å²) >= 11 is 10.5. The zero-order chi connectivity index (χ0) is 23.7. The zero-order valence-corrected chi connectivity index (χ0v) is 20.1. The number of carbonyl (C=O) groups excluding carboxylic acids is 2. The second kappa shape index (κ2) is 9.42. The molecule has 0 unspecified atom stereocenters. The number of halogens is 3. The van der Waals surface area contributed by atoms with Crippen LogP contribution < -0.4 is 10.9 Å². The van der Waals surface area contributed by atoms with Gasteiger partial charge in [-0.3, -0.25) is 9.59 Å². The van der Waals surface area contributed by atoms with Crippen molar-refractivity contribution in [2.75, 3.05) is 11.9 Å². The van der Waals surface area contributed by atoms with Gasteiger partial charge in [0.05, 0.1) is 28.3 Å². The Balaban J connectivity index is 1.90. The molecule has 2 heterocycles. The van der Waals surface area contributed by atoms with Crippen molar-refractivity contribution in [1.82, 2.24) is 9.78 Å². The van der Waals surface area contributed by atoms with E-state index in [0.29, 0.717) is 4.47 Å². The van der Waals surface area contributed by atoms with Crippen LogP contribution in [0.2, 0.25) is 5.02 Å².